The van der Waals surface area contributed by atoms with Crippen LogP contribution in [0.4, 0.5) is 8.78 Å². The average molecular weight is 208 g/mol. The van der Waals surface area contributed by atoms with Crippen LogP contribution in [0.25, 0.3) is 0 Å². The number of rotatable bonds is 2. The van der Waals surface area contributed by atoms with E-state index in [1.165, 1.54) is 7.11 Å². The molecule has 1 rings (SSSR count). The second kappa shape index (κ2) is 3.87. The molecule has 0 fully saturated rings. The number of halogens is 3. The summed E-state index contributed by atoms with van der Waals surface area (Å²) in [5.74, 6) is 0.0967. The van der Waals surface area contributed by atoms with Gasteiger partial charge in [-0.15, -0.1) is 0 Å². The van der Waals surface area contributed by atoms with E-state index in [-0.39, 0.29) is 16.5 Å². The molecule has 2 nitrogen and oxygen atoms in total. The topological polar surface area (TPSA) is 22.1 Å². The van der Waals surface area contributed by atoms with Crippen molar-refractivity contribution < 1.29 is 13.5 Å². The maximum atomic E-state index is 12.4. The lowest BCUT2D eigenvalue weighted by Crippen LogP contribution is -1.97. The Labute approximate surface area is 79.5 Å². The summed E-state index contributed by atoms with van der Waals surface area (Å²) in [4.78, 5) is 3.79. The van der Waals surface area contributed by atoms with Crippen molar-refractivity contribution in [2.75, 3.05) is 7.11 Å². The minimum atomic E-state index is -2.60. The van der Waals surface area contributed by atoms with Gasteiger partial charge in [0.05, 0.1) is 18.4 Å². The smallest absolute Gasteiger partial charge is 0.267 e. The van der Waals surface area contributed by atoms with Crippen LogP contribution in [0.5, 0.6) is 5.75 Å². The maximum Gasteiger partial charge on any atom is 0.267 e. The lowest BCUT2D eigenvalue weighted by atomic mass is 10.2. The Bertz CT molecular complexity index is 317. The predicted molar refractivity (Wildman–Crippen MR) is 45.5 cm³/mol. The van der Waals surface area contributed by atoms with E-state index >= 15 is 0 Å². The molecular formula is C8H8ClF2NO. The first-order valence-electron chi connectivity index (χ1n) is 3.55. The van der Waals surface area contributed by atoms with Crippen LogP contribution in [0, 0.1) is 6.92 Å². The number of hydrogen-bond acceptors (Lipinski definition) is 2. The van der Waals surface area contributed by atoms with E-state index in [0.29, 0.717) is 5.69 Å². The largest absolute Gasteiger partial charge is 0.494 e. The lowest BCUT2D eigenvalue weighted by Gasteiger charge is -2.09. The SMILES string of the molecule is COc1c(C(F)F)cc(Cl)nc1C. The number of methoxy groups -OCH3 is 1. The quantitative estimate of drug-likeness (QED) is 0.696. The summed E-state index contributed by atoms with van der Waals surface area (Å²) in [5, 5.41) is 0.0496. The lowest BCUT2D eigenvalue weighted by molar-refractivity contribution is 0.146. The van der Waals surface area contributed by atoms with Gasteiger partial charge < -0.3 is 4.74 Å². The fourth-order valence-electron chi connectivity index (χ4n) is 1.07. The zero-order chi connectivity index (χ0) is 10.0. The van der Waals surface area contributed by atoms with Crippen LogP contribution in [0.15, 0.2) is 6.07 Å². The summed E-state index contributed by atoms with van der Waals surface area (Å²) in [6.07, 6.45) is -2.60. The first-order chi connectivity index (χ1) is 6.06. The highest BCUT2D eigenvalue weighted by Crippen LogP contribution is 2.32. The number of nitrogens with zero attached hydrogens (tertiary/aromatic N) is 1. The van der Waals surface area contributed by atoms with E-state index in [1.54, 1.807) is 6.92 Å². The van der Waals surface area contributed by atoms with Gasteiger partial charge in [0.2, 0.25) is 0 Å². The van der Waals surface area contributed by atoms with E-state index in [4.69, 9.17) is 16.3 Å². The second-order valence-electron chi connectivity index (χ2n) is 2.45. The van der Waals surface area contributed by atoms with Crippen LogP contribution in [-0.2, 0) is 0 Å². The molecule has 0 spiro atoms. The molecule has 1 aromatic heterocycles. The Balaban J connectivity index is 3.29. The third-order valence-electron chi connectivity index (χ3n) is 1.58. The Kier molecular flexibility index (Phi) is 3.03. The molecule has 1 heterocycles. The van der Waals surface area contributed by atoms with Crippen LogP contribution in [0.2, 0.25) is 5.15 Å². The van der Waals surface area contributed by atoms with Crippen LogP contribution in [0.1, 0.15) is 17.7 Å². The molecule has 0 aliphatic rings. The summed E-state index contributed by atoms with van der Waals surface area (Å²) >= 11 is 5.52. The van der Waals surface area contributed by atoms with Crippen LogP contribution in [0.3, 0.4) is 0 Å². The number of pyridine rings is 1. The molecule has 13 heavy (non-hydrogen) atoms. The standard InChI is InChI=1S/C8H8ClF2NO/c1-4-7(13-2)5(8(10)11)3-6(9)12-4/h3,8H,1-2H3. The highest BCUT2D eigenvalue weighted by molar-refractivity contribution is 6.29. The molecule has 0 atom stereocenters. The zero-order valence-corrected chi connectivity index (χ0v) is 7.90. The summed E-state index contributed by atoms with van der Waals surface area (Å²) in [5.41, 5.74) is 0.144. The van der Waals surface area contributed by atoms with E-state index < -0.39 is 6.43 Å². The summed E-state index contributed by atoms with van der Waals surface area (Å²) < 4.78 is 29.6. The van der Waals surface area contributed by atoms with E-state index in [1.807, 2.05) is 0 Å². The van der Waals surface area contributed by atoms with Crippen molar-refractivity contribution >= 4 is 11.6 Å². The van der Waals surface area contributed by atoms with Gasteiger partial charge in [0.25, 0.3) is 6.43 Å². The second-order valence-corrected chi connectivity index (χ2v) is 2.84. The molecule has 0 amide bonds. The van der Waals surface area contributed by atoms with Crippen LogP contribution >= 0.6 is 11.6 Å². The van der Waals surface area contributed by atoms with Crippen molar-refractivity contribution in [3.05, 3.63) is 22.5 Å². The van der Waals surface area contributed by atoms with E-state index in [2.05, 4.69) is 4.98 Å². The first kappa shape index (κ1) is 10.2. The number of ether oxygens (including phenoxy) is 1. The van der Waals surface area contributed by atoms with Gasteiger partial charge >= 0.3 is 0 Å². The van der Waals surface area contributed by atoms with Gasteiger partial charge in [0.1, 0.15) is 10.9 Å². The minimum Gasteiger partial charge on any atom is -0.494 e. The molecule has 0 aromatic carbocycles. The summed E-state index contributed by atoms with van der Waals surface area (Å²) in [6.45, 7) is 1.57. The third kappa shape index (κ3) is 2.06. The first-order valence-corrected chi connectivity index (χ1v) is 3.93. The van der Waals surface area contributed by atoms with E-state index in [0.717, 1.165) is 6.07 Å². The van der Waals surface area contributed by atoms with Gasteiger partial charge in [-0.05, 0) is 13.0 Å². The van der Waals surface area contributed by atoms with Gasteiger partial charge in [-0.1, -0.05) is 11.6 Å². The Hall–Kier alpha value is -0.900. The molecule has 0 saturated heterocycles. The third-order valence-corrected chi connectivity index (χ3v) is 1.77. The maximum absolute atomic E-state index is 12.4. The van der Waals surface area contributed by atoms with Crippen molar-refractivity contribution in [2.24, 2.45) is 0 Å². The molecule has 0 bridgehead atoms. The molecule has 0 aliphatic heterocycles. The van der Waals surface area contributed by atoms with Crippen molar-refractivity contribution in [2.45, 2.75) is 13.3 Å². The minimum absolute atomic E-state index is 0.0496. The zero-order valence-electron chi connectivity index (χ0n) is 7.14. The molecule has 0 unspecified atom stereocenters. The molecule has 72 valence electrons. The molecular weight excluding hydrogens is 200 g/mol. The van der Waals surface area contributed by atoms with Gasteiger partial charge in [0.15, 0.2) is 0 Å². The summed E-state index contributed by atoms with van der Waals surface area (Å²) in [6, 6.07) is 1.11. The Morgan fingerprint density at radius 1 is 1.54 bits per heavy atom. The highest BCUT2D eigenvalue weighted by atomic mass is 35.5. The fraction of sp³-hybridized carbons (Fsp3) is 0.375. The number of hydrogen-bond donors (Lipinski definition) is 0. The Morgan fingerprint density at radius 2 is 2.15 bits per heavy atom. The Morgan fingerprint density at radius 3 is 2.62 bits per heavy atom. The highest BCUT2D eigenvalue weighted by Gasteiger charge is 2.17. The molecule has 0 saturated carbocycles. The number of alkyl halides is 2. The molecule has 0 radical (unpaired) electrons. The van der Waals surface area contributed by atoms with Gasteiger partial charge in [-0.3, -0.25) is 0 Å². The number of aryl methyl sites for hydroxylation is 1. The monoisotopic (exact) mass is 207 g/mol. The summed E-state index contributed by atoms with van der Waals surface area (Å²) in [7, 11) is 1.32. The van der Waals surface area contributed by atoms with Gasteiger partial charge in [0, 0.05) is 0 Å². The average Bonchev–Trinajstić information content (AvgIpc) is 2.02. The molecule has 0 aliphatic carbocycles. The van der Waals surface area contributed by atoms with Crippen molar-refractivity contribution in [3.8, 4) is 5.75 Å². The van der Waals surface area contributed by atoms with Crippen molar-refractivity contribution in [1.29, 1.82) is 0 Å². The molecule has 5 heteroatoms. The van der Waals surface area contributed by atoms with Gasteiger partial charge in [-0.2, -0.15) is 0 Å². The number of aromatic nitrogens is 1. The van der Waals surface area contributed by atoms with E-state index in [9.17, 15) is 8.78 Å². The predicted octanol–water partition coefficient (Wildman–Crippen LogP) is 2.99. The molecule has 1 aromatic rings. The van der Waals surface area contributed by atoms with Gasteiger partial charge in [-0.25, -0.2) is 13.8 Å². The van der Waals surface area contributed by atoms with Crippen molar-refractivity contribution in [3.63, 3.8) is 0 Å². The normalized spacial score (nSPS) is 10.6. The molecule has 0 N–H and O–H groups in total. The van der Waals surface area contributed by atoms with Crippen LogP contribution < -0.4 is 4.74 Å². The van der Waals surface area contributed by atoms with Crippen molar-refractivity contribution in [1.82, 2.24) is 4.98 Å². The van der Waals surface area contributed by atoms with Crippen LogP contribution in [-0.4, -0.2) is 12.1 Å². The fourth-order valence-corrected chi connectivity index (χ4v) is 1.32.